The van der Waals surface area contributed by atoms with Gasteiger partial charge in [0, 0.05) is 18.6 Å². The highest BCUT2D eigenvalue weighted by atomic mass is 32.1. The molecular formula is C6H6N6OS2. The van der Waals surface area contributed by atoms with Crippen molar-refractivity contribution in [1.29, 1.82) is 0 Å². The second kappa shape index (κ2) is 4.28. The van der Waals surface area contributed by atoms with Crippen molar-refractivity contribution < 1.29 is 4.79 Å². The second-order valence-corrected chi connectivity index (χ2v) is 4.16. The summed E-state index contributed by atoms with van der Waals surface area (Å²) in [4.78, 5) is 11.6. The zero-order valence-corrected chi connectivity index (χ0v) is 9.22. The predicted octanol–water partition coefficient (Wildman–Crippen LogP) is 0.684. The first kappa shape index (κ1) is 9.93. The van der Waals surface area contributed by atoms with Gasteiger partial charge in [0.25, 0.3) is 5.91 Å². The van der Waals surface area contributed by atoms with E-state index in [2.05, 4.69) is 30.4 Å². The van der Waals surface area contributed by atoms with Crippen molar-refractivity contribution in [3.63, 3.8) is 0 Å². The maximum atomic E-state index is 11.6. The molecule has 2 heterocycles. The Labute approximate surface area is 92.7 Å². The standard InChI is InChI=1S/C6H6N6OS2/c1-7-6-11-10-5(14-6)4(13)9-3-2-8-12-15-3/h2H,1H3,(H,7,11)(H,9,13). The molecule has 0 fully saturated rings. The molecule has 0 unspecified atom stereocenters. The fourth-order valence-electron chi connectivity index (χ4n) is 0.804. The molecule has 0 aliphatic carbocycles. The van der Waals surface area contributed by atoms with Crippen LogP contribution in [0.3, 0.4) is 0 Å². The van der Waals surface area contributed by atoms with Gasteiger partial charge < -0.3 is 10.6 Å². The zero-order chi connectivity index (χ0) is 10.7. The molecule has 0 saturated heterocycles. The van der Waals surface area contributed by atoms with Crippen LogP contribution in [0.1, 0.15) is 9.80 Å². The van der Waals surface area contributed by atoms with Crippen LogP contribution in [0, 0.1) is 0 Å². The van der Waals surface area contributed by atoms with E-state index in [1.54, 1.807) is 7.05 Å². The van der Waals surface area contributed by atoms with E-state index in [-0.39, 0.29) is 5.91 Å². The van der Waals surface area contributed by atoms with Crippen LogP contribution >= 0.6 is 22.9 Å². The number of aromatic nitrogens is 4. The van der Waals surface area contributed by atoms with E-state index in [4.69, 9.17) is 0 Å². The topological polar surface area (TPSA) is 92.7 Å². The smallest absolute Gasteiger partial charge is 0.287 e. The molecule has 2 aromatic heterocycles. The van der Waals surface area contributed by atoms with E-state index < -0.39 is 0 Å². The van der Waals surface area contributed by atoms with E-state index in [9.17, 15) is 4.79 Å². The molecule has 9 heteroatoms. The Bertz CT molecular complexity index is 452. The third kappa shape index (κ3) is 2.25. The summed E-state index contributed by atoms with van der Waals surface area (Å²) in [5.74, 6) is -0.306. The minimum atomic E-state index is -0.306. The molecule has 7 nitrogen and oxygen atoms in total. The third-order valence-corrected chi connectivity index (χ3v) is 2.95. The lowest BCUT2D eigenvalue weighted by Crippen LogP contribution is -2.10. The summed E-state index contributed by atoms with van der Waals surface area (Å²) in [6, 6.07) is 0. The third-order valence-electron chi connectivity index (χ3n) is 1.43. The number of carbonyl (C=O) groups is 1. The average Bonchev–Trinajstić information content (AvgIpc) is 2.86. The number of hydrogen-bond donors (Lipinski definition) is 2. The van der Waals surface area contributed by atoms with E-state index in [0.29, 0.717) is 15.1 Å². The van der Waals surface area contributed by atoms with Crippen LogP contribution in [0.25, 0.3) is 0 Å². The molecule has 0 spiro atoms. The van der Waals surface area contributed by atoms with Gasteiger partial charge in [-0.3, -0.25) is 4.79 Å². The summed E-state index contributed by atoms with van der Waals surface area (Å²) >= 11 is 2.29. The molecule has 0 aliphatic rings. The highest BCUT2D eigenvalue weighted by Gasteiger charge is 2.13. The number of nitrogens with zero attached hydrogens (tertiary/aromatic N) is 4. The number of nitrogens with one attached hydrogen (secondary N) is 2. The lowest BCUT2D eigenvalue weighted by Gasteiger charge is -1.94. The number of carbonyl (C=O) groups excluding carboxylic acids is 1. The van der Waals surface area contributed by atoms with Crippen molar-refractivity contribution in [2.24, 2.45) is 0 Å². The Balaban J connectivity index is 2.08. The van der Waals surface area contributed by atoms with Crippen LogP contribution in [-0.4, -0.2) is 32.7 Å². The fourth-order valence-corrected chi connectivity index (χ4v) is 1.81. The number of amides is 1. The molecule has 2 rings (SSSR count). The first-order valence-electron chi connectivity index (χ1n) is 3.89. The number of hydrogen-bond acceptors (Lipinski definition) is 8. The van der Waals surface area contributed by atoms with Gasteiger partial charge in [-0.15, -0.1) is 15.3 Å². The van der Waals surface area contributed by atoms with E-state index in [1.807, 2.05) is 0 Å². The SMILES string of the molecule is CNc1nnc(C(=O)Nc2cnns2)s1. The average molecular weight is 242 g/mol. The predicted molar refractivity (Wildman–Crippen MR) is 57.3 cm³/mol. The molecule has 0 bridgehead atoms. The Kier molecular flexibility index (Phi) is 2.83. The van der Waals surface area contributed by atoms with Crippen LogP contribution in [0.5, 0.6) is 0 Å². The van der Waals surface area contributed by atoms with Crippen molar-refractivity contribution in [3.05, 3.63) is 11.2 Å². The minimum Gasteiger partial charge on any atom is -0.363 e. The quantitative estimate of drug-likeness (QED) is 0.822. The first-order valence-corrected chi connectivity index (χ1v) is 5.48. The van der Waals surface area contributed by atoms with Gasteiger partial charge in [0.05, 0.1) is 6.20 Å². The zero-order valence-electron chi connectivity index (χ0n) is 7.59. The van der Waals surface area contributed by atoms with Crippen LogP contribution in [-0.2, 0) is 0 Å². The molecule has 0 aliphatic heterocycles. The van der Waals surface area contributed by atoms with Gasteiger partial charge in [0.1, 0.15) is 5.00 Å². The maximum absolute atomic E-state index is 11.6. The Hall–Kier alpha value is -1.61. The van der Waals surface area contributed by atoms with Crippen molar-refractivity contribution in [1.82, 2.24) is 19.8 Å². The summed E-state index contributed by atoms with van der Waals surface area (Å²) in [6.07, 6.45) is 1.47. The molecule has 2 N–H and O–H groups in total. The van der Waals surface area contributed by atoms with Gasteiger partial charge >= 0.3 is 0 Å². The fraction of sp³-hybridized carbons (Fsp3) is 0.167. The van der Waals surface area contributed by atoms with E-state index >= 15 is 0 Å². The highest BCUT2D eigenvalue weighted by molar-refractivity contribution is 7.17. The van der Waals surface area contributed by atoms with Crippen molar-refractivity contribution in [3.8, 4) is 0 Å². The largest absolute Gasteiger partial charge is 0.363 e. The Morgan fingerprint density at radius 3 is 2.93 bits per heavy atom. The molecule has 2 aromatic rings. The van der Waals surface area contributed by atoms with Crippen LogP contribution < -0.4 is 10.6 Å². The number of rotatable bonds is 3. The molecule has 15 heavy (non-hydrogen) atoms. The van der Waals surface area contributed by atoms with Gasteiger partial charge in [-0.1, -0.05) is 15.8 Å². The van der Waals surface area contributed by atoms with Crippen LogP contribution in [0.4, 0.5) is 10.1 Å². The van der Waals surface area contributed by atoms with Crippen LogP contribution in [0.15, 0.2) is 6.20 Å². The van der Waals surface area contributed by atoms with Crippen LogP contribution in [0.2, 0.25) is 0 Å². The summed E-state index contributed by atoms with van der Waals surface area (Å²) in [7, 11) is 1.72. The molecule has 1 amide bonds. The Morgan fingerprint density at radius 1 is 1.47 bits per heavy atom. The summed E-state index contributed by atoms with van der Waals surface area (Å²) in [5, 5.41) is 18.0. The normalized spacial score (nSPS) is 9.93. The van der Waals surface area contributed by atoms with Crippen molar-refractivity contribution in [2.45, 2.75) is 0 Å². The van der Waals surface area contributed by atoms with Gasteiger partial charge in [0.15, 0.2) is 0 Å². The molecule has 0 aromatic carbocycles. The minimum absolute atomic E-state index is 0.299. The number of anilines is 2. The summed E-state index contributed by atoms with van der Waals surface area (Å²) in [5.41, 5.74) is 0. The molecule has 0 atom stereocenters. The summed E-state index contributed by atoms with van der Waals surface area (Å²) < 4.78 is 3.62. The maximum Gasteiger partial charge on any atom is 0.287 e. The first-order chi connectivity index (χ1) is 7.29. The molecular weight excluding hydrogens is 236 g/mol. The van der Waals surface area contributed by atoms with E-state index in [0.717, 1.165) is 11.5 Å². The van der Waals surface area contributed by atoms with E-state index in [1.165, 1.54) is 17.5 Å². The molecule has 0 radical (unpaired) electrons. The monoisotopic (exact) mass is 242 g/mol. The molecule has 0 saturated carbocycles. The van der Waals surface area contributed by atoms with Crippen molar-refractivity contribution >= 4 is 38.9 Å². The lowest BCUT2D eigenvalue weighted by atomic mass is 10.6. The van der Waals surface area contributed by atoms with Gasteiger partial charge in [-0.25, -0.2) is 0 Å². The van der Waals surface area contributed by atoms with Gasteiger partial charge in [0.2, 0.25) is 10.1 Å². The van der Waals surface area contributed by atoms with Crippen molar-refractivity contribution in [2.75, 3.05) is 17.7 Å². The highest BCUT2D eigenvalue weighted by Crippen LogP contribution is 2.16. The second-order valence-electron chi connectivity index (χ2n) is 2.40. The van der Waals surface area contributed by atoms with Gasteiger partial charge in [-0.2, -0.15) is 0 Å². The molecule has 78 valence electrons. The lowest BCUT2D eigenvalue weighted by molar-refractivity contribution is 0.102. The Morgan fingerprint density at radius 2 is 2.33 bits per heavy atom. The summed E-state index contributed by atoms with van der Waals surface area (Å²) in [6.45, 7) is 0. The van der Waals surface area contributed by atoms with Gasteiger partial charge in [-0.05, 0) is 0 Å².